The Morgan fingerprint density at radius 3 is 2.07 bits per heavy atom. The molecule has 0 amide bonds. The molecule has 2 rings (SSSR count). The average molecular weight is 195 g/mol. The van der Waals surface area contributed by atoms with Gasteiger partial charge >= 0.3 is 0 Å². The van der Waals surface area contributed by atoms with Crippen molar-refractivity contribution in [3.05, 3.63) is 0 Å². The van der Waals surface area contributed by atoms with Gasteiger partial charge in [0.2, 0.25) is 0 Å². The van der Waals surface area contributed by atoms with Crippen LogP contribution in [0, 0.1) is 5.41 Å². The van der Waals surface area contributed by atoms with Crippen LogP contribution in [0.1, 0.15) is 65.2 Å². The SMILES string of the molecule is CCC1(C)CCC(NC2CCC2)CC1. The van der Waals surface area contributed by atoms with Gasteiger partial charge in [-0.05, 0) is 43.9 Å². The lowest BCUT2D eigenvalue weighted by Gasteiger charge is -2.40. The predicted molar refractivity (Wildman–Crippen MR) is 61.4 cm³/mol. The minimum Gasteiger partial charge on any atom is -0.311 e. The lowest BCUT2D eigenvalue weighted by atomic mass is 9.72. The van der Waals surface area contributed by atoms with Crippen molar-refractivity contribution in [2.45, 2.75) is 77.3 Å². The standard InChI is InChI=1S/C13H25N/c1-3-13(2)9-7-12(8-10-13)14-11-5-4-6-11/h11-12,14H,3-10H2,1-2H3. The van der Waals surface area contributed by atoms with Gasteiger partial charge in [0.05, 0.1) is 0 Å². The van der Waals surface area contributed by atoms with Crippen LogP contribution in [0.5, 0.6) is 0 Å². The summed E-state index contributed by atoms with van der Waals surface area (Å²) in [5.41, 5.74) is 0.664. The second-order valence-electron chi connectivity index (χ2n) is 5.73. The van der Waals surface area contributed by atoms with Gasteiger partial charge in [-0.15, -0.1) is 0 Å². The Hall–Kier alpha value is -0.0400. The highest BCUT2D eigenvalue weighted by Crippen LogP contribution is 2.39. The molecule has 82 valence electrons. The zero-order valence-electron chi connectivity index (χ0n) is 9.81. The largest absolute Gasteiger partial charge is 0.311 e. The first-order valence-corrected chi connectivity index (χ1v) is 6.48. The van der Waals surface area contributed by atoms with Gasteiger partial charge in [0, 0.05) is 12.1 Å². The van der Waals surface area contributed by atoms with Gasteiger partial charge in [-0.2, -0.15) is 0 Å². The van der Waals surface area contributed by atoms with Crippen LogP contribution >= 0.6 is 0 Å². The molecule has 0 aromatic rings. The van der Waals surface area contributed by atoms with Gasteiger partial charge in [0.25, 0.3) is 0 Å². The summed E-state index contributed by atoms with van der Waals surface area (Å²) in [6.45, 7) is 4.81. The van der Waals surface area contributed by atoms with E-state index in [4.69, 9.17) is 0 Å². The minimum atomic E-state index is 0.664. The van der Waals surface area contributed by atoms with Gasteiger partial charge in [-0.3, -0.25) is 0 Å². The molecule has 2 aliphatic rings. The van der Waals surface area contributed by atoms with Crippen LogP contribution in [0.2, 0.25) is 0 Å². The van der Waals surface area contributed by atoms with Gasteiger partial charge in [-0.25, -0.2) is 0 Å². The quantitative estimate of drug-likeness (QED) is 0.727. The fourth-order valence-corrected chi connectivity index (χ4v) is 2.74. The van der Waals surface area contributed by atoms with E-state index in [1.54, 1.807) is 0 Å². The van der Waals surface area contributed by atoms with Gasteiger partial charge in [-0.1, -0.05) is 26.7 Å². The fraction of sp³-hybridized carbons (Fsp3) is 1.00. The number of nitrogens with one attached hydrogen (secondary N) is 1. The molecule has 2 saturated carbocycles. The summed E-state index contributed by atoms with van der Waals surface area (Å²) >= 11 is 0. The van der Waals surface area contributed by atoms with Crippen LogP contribution in [0.15, 0.2) is 0 Å². The molecule has 0 aliphatic heterocycles. The molecule has 0 aromatic heterocycles. The zero-order valence-corrected chi connectivity index (χ0v) is 9.81. The predicted octanol–water partition coefficient (Wildman–Crippen LogP) is 3.49. The maximum atomic E-state index is 3.82. The number of hydrogen-bond donors (Lipinski definition) is 1. The van der Waals surface area contributed by atoms with Gasteiger partial charge in [0.1, 0.15) is 0 Å². The van der Waals surface area contributed by atoms with Crippen LogP contribution < -0.4 is 5.32 Å². The van der Waals surface area contributed by atoms with Crippen LogP contribution in [-0.4, -0.2) is 12.1 Å². The van der Waals surface area contributed by atoms with E-state index in [-0.39, 0.29) is 0 Å². The van der Waals surface area contributed by atoms with Gasteiger partial charge in [0.15, 0.2) is 0 Å². The molecule has 0 saturated heterocycles. The summed E-state index contributed by atoms with van der Waals surface area (Å²) in [5, 5.41) is 3.82. The molecule has 0 spiro atoms. The van der Waals surface area contributed by atoms with E-state index >= 15 is 0 Å². The van der Waals surface area contributed by atoms with Crippen LogP contribution in [0.4, 0.5) is 0 Å². The summed E-state index contributed by atoms with van der Waals surface area (Å²) in [6, 6.07) is 1.73. The Balaban J connectivity index is 1.72. The van der Waals surface area contributed by atoms with Crippen LogP contribution in [0.25, 0.3) is 0 Å². The Morgan fingerprint density at radius 2 is 1.64 bits per heavy atom. The molecule has 1 nitrogen and oxygen atoms in total. The van der Waals surface area contributed by atoms with Crippen molar-refractivity contribution in [1.82, 2.24) is 5.32 Å². The fourth-order valence-electron chi connectivity index (χ4n) is 2.74. The van der Waals surface area contributed by atoms with E-state index in [0.29, 0.717) is 5.41 Å². The Kier molecular flexibility index (Phi) is 3.16. The van der Waals surface area contributed by atoms with Crippen LogP contribution in [0.3, 0.4) is 0 Å². The van der Waals surface area contributed by atoms with E-state index < -0.39 is 0 Å². The van der Waals surface area contributed by atoms with Crippen molar-refractivity contribution < 1.29 is 0 Å². The third-order valence-electron chi connectivity index (χ3n) is 4.62. The van der Waals surface area contributed by atoms with E-state index in [1.165, 1.54) is 51.4 Å². The number of hydrogen-bond acceptors (Lipinski definition) is 1. The Morgan fingerprint density at radius 1 is 1.07 bits per heavy atom. The first-order chi connectivity index (χ1) is 6.72. The minimum absolute atomic E-state index is 0.664. The molecule has 0 atom stereocenters. The van der Waals surface area contributed by atoms with E-state index in [1.807, 2.05) is 0 Å². The second kappa shape index (κ2) is 4.22. The molecule has 0 heterocycles. The van der Waals surface area contributed by atoms with Crippen LogP contribution in [-0.2, 0) is 0 Å². The highest BCUT2D eigenvalue weighted by atomic mass is 15.0. The highest BCUT2D eigenvalue weighted by molar-refractivity contribution is 4.87. The number of rotatable bonds is 3. The third-order valence-corrected chi connectivity index (χ3v) is 4.62. The lowest BCUT2D eigenvalue weighted by molar-refractivity contribution is 0.160. The first kappa shape index (κ1) is 10.5. The summed E-state index contributed by atoms with van der Waals surface area (Å²) in [7, 11) is 0. The van der Waals surface area contributed by atoms with Crippen molar-refractivity contribution in [1.29, 1.82) is 0 Å². The Bertz CT molecular complexity index is 176. The molecule has 0 radical (unpaired) electrons. The molecule has 1 N–H and O–H groups in total. The molecule has 2 aliphatic carbocycles. The second-order valence-corrected chi connectivity index (χ2v) is 5.73. The van der Waals surface area contributed by atoms with Crippen molar-refractivity contribution in [2.75, 3.05) is 0 Å². The first-order valence-electron chi connectivity index (χ1n) is 6.48. The zero-order chi connectivity index (χ0) is 10.0. The topological polar surface area (TPSA) is 12.0 Å². The molecule has 0 aromatic carbocycles. The summed E-state index contributed by atoms with van der Waals surface area (Å²) in [5.74, 6) is 0. The van der Waals surface area contributed by atoms with Gasteiger partial charge < -0.3 is 5.32 Å². The Labute approximate surface area is 88.7 Å². The normalized spacial score (nSPS) is 39.4. The summed E-state index contributed by atoms with van der Waals surface area (Å²) in [4.78, 5) is 0. The highest BCUT2D eigenvalue weighted by Gasteiger charge is 2.31. The lowest BCUT2D eigenvalue weighted by Crippen LogP contribution is -2.45. The summed E-state index contributed by atoms with van der Waals surface area (Å²) in [6.07, 6.45) is 11.4. The van der Waals surface area contributed by atoms with Crippen molar-refractivity contribution >= 4 is 0 Å². The molecular formula is C13H25N. The smallest absolute Gasteiger partial charge is 0.00700 e. The molecule has 14 heavy (non-hydrogen) atoms. The molecule has 2 fully saturated rings. The van der Waals surface area contributed by atoms with Crippen molar-refractivity contribution in [2.24, 2.45) is 5.41 Å². The van der Waals surface area contributed by atoms with E-state index in [0.717, 1.165) is 12.1 Å². The van der Waals surface area contributed by atoms with E-state index in [2.05, 4.69) is 19.2 Å². The van der Waals surface area contributed by atoms with Crippen molar-refractivity contribution in [3.8, 4) is 0 Å². The average Bonchev–Trinajstić information content (AvgIpc) is 2.14. The molecule has 1 heteroatoms. The monoisotopic (exact) mass is 195 g/mol. The molecule has 0 bridgehead atoms. The molecular weight excluding hydrogens is 170 g/mol. The molecule has 0 unspecified atom stereocenters. The maximum Gasteiger partial charge on any atom is 0.00700 e. The van der Waals surface area contributed by atoms with E-state index in [9.17, 15) is 0 Å². The maximum absolute atomic E-state index is 3.82. The summed E-state index contributed by atoms with van der Waals surface area (Å²) < 4.78 is 0. The third kappa shape index (κ3) is 2.31. The van der Waals surface area contributed by atoms with Crippen molar-refractivity contribution in [3.63, 3.8) is 0 Å².